The molecule has 1 aromatic rings. The van der Waals surface area contributed by atoms with Crippen LogP contribution in [0.25, 0.3) is 0 Å². The first kappa shape index (κ1) is 11.2. The van der Waals surface area contributed by atoms with Crippen LogP contribution in [0, 0.1) is 0 Å². The molecule has 5 nitrogen and oxygen atoms in total. The maximum Gasteiger partial charge on any atom is 0.353 e. The van der Waals surface area contributed by atoms with Gasteiger partial charge in [-0.2, -0.15) is 8.78 Å². The Bertz CT molecular complexity index is 354. The van der Waals surface area contributed by atoms with Crippen molar-refractivity contribution >= 4 is 11.7 Å². The molecule has 0 saturated heterocycles. The van der Waals surface area contributed by atoms with E-state index in [4.69, 9.17) is 5.73 Å². The number of nitrogens with two attached hydrogens (primary N) is 1. The molecule has 8 heteroatoms. The van der Waals surface area contributed by atoms with Crippen molar-refractivity contribution in [3.05, 3.63) is 18.1 Å². The minimum absolute atomic E-state index is 0.0452. The number of rotatable bonds is 3. The predicted octanol–water partition coefficient (Wildman–Crippen LogP) is 0.351. The summed E-state index contributed by atoms with van der Waals surface area (Å²) in [6, 6.07) is -3.90. The molecule has 1 rings (SSSR count). The molecule has 0 aliphatic carbocycles. The maximum atomic E-state index is 12.4. The van der Waals surface area contributed by atoms with E-state index in [0.29, 0.717) is 0 Å². The molecular weight excluding hydrogens is 213 g/mol. The van der Waals surface area contributed by atoms with E-state index in [0.717, 1.165) is 17.7 Å². The molecule has 0 bridgehead atoms. The van der Waals surface area contributed by atoms with Gasteiger partial charge in [0, 0.05) is 0 Å². The van der Waals surface area contributed by atoms with Gasteiger partial charge >= 0.3 is 6.05 Å². The predicted molar refractivity (Wildman–Crippen MR) is 44.8 cm³/mol. The van der Waals surface area contributed by atoms with Crippen LogP contribution in [0.5, 0.6) is 0 Å². The number of nitrogen functional groups attached to an aromatic ring is 1. The lowest BCUT2D eigenvalue weighted by molar-refractivity contribution is -0.0469. The standard InChI is InChI=1S/C7H7F3N4O/c8-3-7(9,10)14-6(15)4-1-13-5(11)2-12-4/h1-2H,3H2,(H2,11,13)(H,14,15). The second kappa shape index (κ2) is 4.11. The Labute approximate surface area is 82.5 Å². The normalized spacial score (nSPS) is 11.1. The zero-order chi connectivity index (χ0) is 11.5. The number of hydrogen-bond acceptors (Lipinski definition) is 4. The molecule has 15 heavy (non-hydrogen) atoms. The van der Waals surface area contributed by atoms with Crippen LogP contribution in [0.1, 0.15) is 10.5 Å². The van der Waals surface area contributed by atoms with Crippen molar-refractivity contribution in [1.29, 1.82) is 0 Å². The minimum atomic E-state index is -3.90. The zero-order valence-corrected chi connectivity index (χ0v) is 7.38. The van der Waals surface area contributed by atoms with Gasteiger partial charge in [-0.25, -0.2) is 14.4 Å². The molecule has 0 saturated carbocycles. The SMILES string of the molecule is Nc1cnc(C(=O)NC(F)(F)CF)cn1. The average molecular weight is 220 g/mol. The zero-order valence-electron chi connectivity index (χ0n) is 7.38. The number of amides is 1. The highest BCUT2D eigenvalue weighted by Crippen LogP contribution is 2.10. The van der Waals surface area contributed by atoms with Crippen LogP contribution in [0.4, 0.5) is 19.0 Å². The molecule has 0 spiro atoms. The molecule has 0 unspecified atom stereocenters. The fourth-order valence-corrected chi connectivity index (χ4v) is 0.719. The van der Waals surface area contributed by atoms with Crippen LogP contribution < -0.4 is 11.1 Å². The van der Waals surface area contributed by atoms with Crippen LogP contribution in [0.2, 0.25) is 0 Å². The summed E-state index contributed by atoms with van der Waals surface area (Å²) in [5.74, 6) is -1.17. The van der Waals surface area contributed by atoms with E-state index in [2.05, 4.69) is 9.97 Å². The second-order valence-corrected chi connectivity index (χ2v) is 2.62. The van der Waals surface area contributed by atoms with Gasteiger partial charge in [-0.05, 0) is 0 Å². The molecule has 0 aliphatic rings. The fraction of sp³-hybridized carbons (Fsp3) is 0.286. The number of nitrogens with zero attached hydrogens (tertiary/aromatic N) is 2. The third-order valence-corrected chi connectivity index (χ3v) is 1.37. The molecule has 1 heterocycles. The third kappa shape index (κ3) is 3.08. The third-order valence-electron chi connectivity index (χ3n) is 1.37. The van der Waals surface area contributed by atoms with Crippen LogP contribution >= 0.6 is 0 Å². The van der Waals surface area contributed by atoms with Gasteiger partial charge in [0.2, 0.25) is 0 Å². The van der Waals surface area contributed by atoms with Crippen molar-refractivity contribution in [3.63, 3.8) is 0 Å². The van der Waals surface area contributed by atoms with Gasteiger partial charge in [-0.1, -0.05) is 0 Å². The number of anilines is 1. The molecule has 1 aromatic heterocycles. The highest BCUT2D eigenvalue weighted by molar-refractivity contribution is 5.92. The van der Waals surface area contributed by atoms with E-state index in [9.17, 15) is 18.0 Å². The molecule has 3 N–H and O–H groups in total. The van der Waals surface area contributed by atoms with Crippen molar-refractivity contribution in [1.82, 2.24) is 15.3 Å². The molecule has 0 fully saturated rings. The Morgan fingerprint density at radius 1 is 1.47 bits per heavy atom. The Morgan fingerprint density at radius 3 is 2.60 bits per heavy atom. The first-order valence-electron chi connectivity index (χ1n) is 3.78. The molecular formula is C7H7F3N4O. The van der Waals surface area contributed by atoms with E-state index in [1.54, 1.807) is 0 Å². The van der Waals surface area contributed by atoms with E-state index in [-0.39, 0.29) is 11.5 Å². The summed E-state index contributed by atoms with van der Waals surface area (Å²) < 4.78 is 36.5. The van der Waals surface area contributed by atoms with Gasteiger partial charge in [-0.3, -0.25) is 10.1 Å². The van der Waals surface area contributed by atoms with Gasteiger partial charge < -0.3 is 5.73 Å². The maximum absolute atomic E-state index is 12.4. The number of hydrogen-bond donors (Lipinski definition) is 2. The Morgan fingerprint density at radius 2 is 2.13 bits per heavy atom. The van der Waals surface area contributed by atoms with Gasteiger partial charge in [0.05, 0.1) is 12.4 Å². The smallest absolute Gasteiger partial charge is 0.353 e. The number of carbonyl (C=O) groups excluding carboxylic acids is 1. The Hall–Kier alpha value is -1.86. The van der Waals surface area contributed by atoms with E-state index < -0.39 is 18.6 Å². The summed E-state index contributed by atoms with van der Waals surface area (Å²) in [7, 11) is 0. The monoisotopic (exact) mass is 220 g/mol. The molecule has 0 aliphatic heterocycles. The first-order valence-corrected chi connectivity index (χ1v) is 3.78. The minimum Gasteiger partial charge on any atom is -0.382 e. The molecule has 1 amide bonds. The van der Waals surface area contributed by atoms with Crippen LogP contribution in [-0.4, -0.2) is 28.6 Å². The van der Waals surface area contributed by atoms with Gasteiger partial charge in [0.25, 0.3) is 5.91 Å². The van der Waals surface area contributed by atoms with E-state index in [1.165, 1.54) is 0 Å². The Kier molecular flexibility index (Phi) is 3.08. The van der Waals surface area contributed by atoms with Crippen molar-refractivity contribution in [2.24, 2.45) is 0 Å². The summed E-state index contributed by atoms with van der Waals surface area (Å²) in [6.45, 7) is -1.98. The van der Waals surface area contributed by atoms with E-state index in [1.807, 2.05) is 0 Å². The number of alkyl halides is 3. The summed E-state index contributed by atoms with van der Waals surface area (Å²) in [6.07, 6.45) is 1.95. The Balaban J connectivity index is 2.74. The van der Waals surface area contributed by atoms with Crippen molar-refractivity contribution < 1.29 is 18.0 Å². The molecule has 82 valence electrons. The lowest BCUT2D eigenvalue weighted by Gasteiger charge is -2.13. The highest BCUT2D eigenvalue weighted by Gasteiger charge is 2.31. The summed E-state index contributed by atoms with van der Waals surface area (Å²) in [4.78, 5) is 17.9. The van der Waals surface area contributed by atoms with Crippen LogP contribution in [0.3, 0.4) is 0 Å². The van der Waals surface area contributed by atoms with Crippen LogP contribution in [-0.2, 0) is 0 Å². The van der Waals surface area contributed by atoms with Gasteiger partial charge in [0.15, 0.2) is 6.67 Å². The van der Waals surface area contributed by atoms with Crippen LogP contribution in [0.15, 0.2) is 12.4 Å². The molecule has 0 atom stereocenters. The lowest BCUT2D eigenvalue weighted by atomic mass is 10.4. The lowest BCUT2D eigenvalue weighted by Crippen LogP contribution is -2.43. The quantitative estimate of drug-likeness (QED) is 0.720. The van der Waals surface area contributed by atoms with Gasteiger partial charge in [0.1, 0.15) is 11.5 Å². The number of halogens is 3. The summed E-state index contributed by atoms with van der Waals surface area (Å²) in [5.41, 5.74) is 4.80. The molecule has 0 aromatic carbocycles. The van der Waals surface area contributed by atoms with E-state index >= 15 is 0 Å². The summed E-state index contributed by atoms with van der Waals surface area (Å²) >= 11 is 0. The second-order valence-electron chi connectivity index (χ2n) is 2.62. The summed E-state index contributed by atoms with van der Waals surface area (Å²) in [5, 5.41) is 1.15. The van der Waals surface area contributed by atoms with Gasteiger partial charge in [-0.15, -0.1) is 0 Å². The van der Waals surface area contributed by atoms with Crippen molar-refractivity contribution in [2.75, 3.05) is 12.4 Å². The highest BCUT2D eigenvalue weighted by atomic mass is 19.3. The molecule has 0 radical (unpaired) electrons. The van der Waals surface area contributed by atoms with Crippen molar-refractivity contribution in [2.45, 2.75) is 6.05 Å². The number of nitrogens with one attached hydrogen (secondary N) is 1. The largest absolute Gasteiger partial charge is 0.382 e. The topological polar surface area (TPSA) is 80.9 Å². The fourth-order valence-electron chi connectivity index (χ4n) is 0.719. The average Bonchev–Trinajstić information content (AvgIpc) is 2.18. The number of aromatic nitrogens is 2. The van der Waals surface area contributed by atoms with Crippen molar-refractivity contribution in [3.8, 4) is 0 Å². The first-order chi connectivity index (χ1) is 6.94. The number of carbonyl (C=O) groups is 1.